The number of amides is 1. The minimum atomic E-state index is -0.309. The first kappa shape index (κ1) is 19.7. The molecular formula is C20H33N5O2. The Morgan fingerprint density at radius 3 is 2.59 bits per heavy atom. The van der Waals surface area contributed by atoms with Gasteiger partial charge < -0.3 is 20.3 Å². The number of aryl methyl sites for hydroxylation is 1. The Labute approximate surface area is 162 Å². The van der Waals surface area contributed by atoms with E-state index in [2.05, 4.69) is 29.6 Å². The molecule has 7 heteroatoms. The average Bonchev–Trinajstić information content (AvgIpc) is 2.67. The zero-order valence-electron chi connectivity index (χ0n) is 16.9. The van der Waals surface area contributed by atoms with E-state index in [-0.39, 0.29) is 6.09 Å². The van der Waals surface area contributed by atoms with Crippen LogP contribution in [0.4, 0.5) is 16.6 Å². The van der Waals surface area contributed by atoms with E-state index in [1.807, 2.05) is 6.92 Å². The van der Waals surface area contributed by atoms with Crippen LogP contribution in [0.25, 0.3) is 0 Å². The standard InChI is InChI=1S/C20H33N5O2/c1-4-27-20(26)21-13-14-9-11-15(12-10-14)22-19-23-17-8-6-5-7-16(17)18(24-19)25(2)3/h14-15H,4-13H2,1-3H3,(H,21,26)(H,22,23,24). The lowest BCUT2D eigenvalue weighted by Gasteiger charge is -2.30. The number of anilines is 2. The van der Waals surface area contributed by atoms with Crippen LogP contribution in [0.3, 0.4) is 0 Å². The summed E-state index contributed by atoms with van der Waals surface area (Å²) in [5, 5.41) is 6.43. The molecule has 0 spiro atoms. The minimum Gasteiger partial charge on any atom is -0.450 e. The van der Waals surface area contributed by atoms with Crippen LogP contribution in [-0.2, 0) is 17.6 Å². The van der Waals surface area contributed by atoms with Gasteiger partial charge in [0.25, 0.3) is 0 Å². The largest absolute Gasteiger partial charge is 0.450 e. The molecule has 7 nitrogen and oxygen atoms in total. The van der Waals surface area contributed by atoms with Crippen molar-refractivity contribution in [2.45, 2.75) is 64.3 Å². The van der Waals surface area contributed by atoms with E-state index in [0.717, 1.165) is 50.3 Å². The Hall–Kier alpha value is -2.05. The highest BCUT2D eigenvalue weighted by Crippen LogP contribution is 2.30. The van der Waals surface area contributed by atoms with E-state index in [0.29, 0.717) is 25.1 Å². The molecule has 1 fully saturated rings. The zero-order valence-corrected chi connectivity index (χ0v) is 16.9. The number of carbonyl (C=O) groups excluding carboxylic acids is 1. The maximum absolute atomic E-state index is 11.4. The molecule has 1 aromatic rings. The first-order chi connectivity index (χ1) is 13.1. The van der Waals surface area contributed by atoms with Gasteiger partial charge in [0.1, 0.15) is 5.82 Å². The van der Waals surface area contributed by atoms with Crippen molar-refractivity contribution in [1.29, 1.82) is 0 Å². The summed E-state index contributed by atoms with van der Waals surface area (Å²) in [7, 11) is 4.12. The first-order valence-corrected chi connectivity index (χ1v) is 10.3. The van der Waals surface area contributed by atoms with E-state index in [9.17, 15) is 4.79 Å². The Balaban J connectivity index is 1.54. The Bertz CT molecular complexity index is 642. The van der Waals surface area contributed by atoms with Gasteiger partial charge in [-0.15, -0.1) is 0 Å². The number of carbonyl (C=O) groups is 1. The third-order valence-electron chi connectivity index (χ3n) is 5.58. The van der Waals surface area contributed by atoms with Crippen LogP contribution in [0.5, 0.6) is 0 Å². The van der Waals surface area contributed by atoms with Crippen LogP contribution in [0.15, 0.2) is 0 Å². The summed E-state index contributed by atoms with van der Waals surface area (Å²) >= 11 is 0. The maximum atomic E-state index is 11.4. The normalized spacial score (nSPS) is 21.9. The summed E-state index contributed by atoms with van der Waals surface area (Å²) in [6.07, 6.45) is 8.62. The van der Waals surface area contributed by atoms with Gasteiger partial charge in [0.15, 0.2) is 0 Å². The molecule has 0 saturated heterocycles. The number of aromatic nitrogens is 2. The van der Waals surface area contributed by atoms with Gasteiger partial charge in [-0.3, -0.25) is 0 Å². The lowest BCUT2D eigenvalue weighted by atomic mass is 9.86. The second kappa shape index (κ2) is 9.24. The number of nitrogens with zero attached hydrogens (tertiary/aromatic N) is 3. The molecule has 1 saturated carbocycles. The molecular weight excluding hydrogens is 342 g/mol. The molecule has 150 valence electrons. The van der Waals surface area contributed by atoms with Crippen molar-refractivity contribution in [2.75, 3.05) is 37.5 Å². The molecule has 0 aliphatic heterocycles. The summed E-state index contributed by atoms with van der Waals surface area (Å²) < 4.78 is 4.93. The molecule has 1 aromatic heterocycles. The van der Waals surface area contributed by atoms with Gasteiger partial charge in [-0.25, -0.2) is 9.78 Å². The molecule has 0 aromatic carbocycles. The van der Waals surface area contributed by atoms with Crippen molar-refractivity contribution < 1.29 is 9.53 Å². The first-order valence-electron chi connectivity index (χ1n) is 10.3. The molecule has 3 rings (SSSR count). The summed E-state index contributed by atoms with van der Waals surface area (Å²) in [5.41, 5.74) is 2.54. The molecule has 2 aliphatic rings. The predicted octanol–water partition coefficient (Wildman–Crippen LogP) is 3.14. The number of fused-ring (bicyclic) bond motifs is 1. The molecule has 1 amide bonds. The van der Waals surface area contributed by atoms with Gasteiger partial charge in [-0.2, -0.15) is 4.98 Å². The van der Waals surface area contributed by atoms with Gasteiger partial charge >= 0.3 is 6.09 Å². The minimum absolute atomic E-state index is 0.309. The van der Waals surface area contributed by atoms with Crippen LogP contribution in [0.1, 0.15) is 56.7 Å². The monoisotopic (exact) mass is 375 g/mol. The smallest absolute Gasteiger partial charge is 0.407 e. The highest BCUT2D eigenvalue weighted by molar-refractivity contribution is 5.67. The van der Waals surface area contributed by atoms with E-state index >= 15 is 0 Å². The number of nitrogens with one attached hydrogen (secondary N) is 2. The lowest BCUT2D eigenvalue weighted by molar-refractivity contribution is 0.149. The van der Waals surface area contributed by atoms with Crippen molar-refractivity contribution in [1.82, 2.24) is 15.3 Å². The third kappa shape index (κ3) is 5.23. The summed E-state index contributed by atoms with van der Waals surface area (Å²) in [6, 6.07) is 0.403. The van der Waals surface area contributed by atoms with Crippen LogP contribution in [-0.4, -0.2) is 49.4 Å². The molecule has 0 atom stereocenters. The number of hydrogen-bond acceptors (Lipinski definition) is 6. The fraction of sp³-hybridized carbons (Fsp3) is 0.750. The number of ether oxygens (including phenoxy) is 1. The van der Waals surface area contributed by atoms with Crippen molar-refractivity contribution in [2.24, 2.45) is 5.92 Å². The van der Waals surface area contributed by atoms with Gasteiger partial charge in [-0.05, 0) is 64.2 Å². The van der Waals surface area contributed by atoms with Crippen molar-refractivity contribution in [3.05, 3.63) is 11.3 Å². The van der Waals surface area contributed by atoms with Crippen LogP contribution in [0, 0.1) is 5.92 Å². The number of rotatable bonds is 6. The molecule has 27 heavy (non-hydrogen) atoms. The molecule has 0 radical (unpaired) electrons. The quantitative estimate of drug-likeness (QED) is 0.795. The van der Waals surface area contributed by atoms with Gasteiger partial charge in [0.2, 0.25) is 5.95 Å². The number of hydrogen-bond donors (Lipinski definition) is 2. The Morgan fingerprint density at radius 2 is 1.89 bits per heavy atom. The summed E-state index contributed by atoms with van der Waals surface area (Å²) in [4.78, 5) is 23.2. The third-order valence-corrected chi connectivity index (χ3v) is 5.58. The Kier molecular flexibility index (Phi) is 6.74. The SMILES string of the molecule is CCOC(=O)NCC1CCC(Nc2nc3c(c(N(C)C)n2)CCCC3)CC1. The highest BCUT2D eigenvalue weighted by atomic mass is 16.5. The van der Waals surface area contributed by atoms with Crippen LogP contribution >= 0.6 is 0 Å². The zero-order chi connectivity index (χ0) is 19.2. The maximum Gasteiger partial charge on any atom is 0.407 e. The van der Waals surface area contributed by atoms with Gasteiger partial charge in [0.05, 0.1) is 12.3 Å². The predicted molar refractivity (Wildman–Crippen MR) is 107 cm³/mol. The van der Waals surface area contributed by atoms with E-state index in [1.165, 1.54) is 24.1 Å². The van der Waals surface area contributed by atoms with Crippen LogP contribution in [0.2, 0.25) is 0 Å². The molecule has 0 unspecified atom stereocenters. The lowest BCUT2D eigenvalue weighted by Crippen LogP contribution is -2.34. The molecule has 0 bridgehead atoms. The number of alkyl carbamates (subject to hydrolysis) is 1. The average molecular weight is 376 g/mol. The summed E-state index contributed by atoms with van der Waals surface area (Å²) in [5.74, 6) is 2.36. The van der Waals surface area contributed by atoms with Gasteiger partial charge in [0, 0.05) is 32.2 Å². The van der Waals surface area contributed by atoms with Crippen molar-refractivity contribution in [3.8, 4) is 0 Å². The topological polar surface area (TPSA) is 79.4 Å². The summed E-state index contributed by atoms with van der Waals surface area (Å²) in [6.45, 7) is 2.94. The fourth-order valence-electron chi connectivity index (χ4n) is 4.11. The second-order valence-corrected chi connectivity index (χ2v) is 7.86. The van der Waals surface area contributed by atoms with Crippen LogP contribution < -0.4 is 15.5 Å². The van der Waals surface area contributed by atoms with E-state index < -0.39 is 0 Å². The second-order valence-electron chi connectivity index (χ2n) is 7.86. The molecule has 2 aliphatic carbocycles. The van der Waals surface area contributed by atoms with E-state index in [1.54, 1.807) is 0 Å². The van der Waals surface area contributed by atoms with Gasteiger partial charge in [-0.1, -0.05) is 0 Å². The molecule has 1 heterocycles. The van der Waals surface area contributed by atoms with Crippen molar-refractivity contribution >= 4 is 17.9 Å². The molecule has 2 N–H and O–H groups in total. The van der Waals surface area contributed by atoms with Crippen molar-refractivity contribution in [3.63, 3.8) is 0 Å². The Morgan fingerprint density at radius 1 is 1.15 bits per heavy atom. The van der Waals surface area contributed by atoms with E-state index in [4.69, 9.17) is 14.7 Å². The highest BCUT2D eigenvalue weighted by Gasteiger charge is 2.24. The fourth-order valence-corrected chi connectivity index (χ4v) is 4.11.